The number of hydrogen-bond donors (Lipinski definition) is 1. The molecule has 1 aromatic heterocycles. The van der Waals surface area contributed by atoms with Gasteiger partial charge >= 0.3 is 0 Å². The molecule has 0 aliphatic carbocycles. The Labute approximate surface area is 152 Å². The number of aromatic nitrogens is 3. The molecule has 2 aromatic rings. The van der Waals surface area contributed by atoms with Crippen molar-refractivity contribution >= 4 is 17.5 Å². The molecular formula is C18H23FN6O. The van der Waals surface area contributed by atoms with E-state index < -0.39 is 0 Å². The minimum atomic E-state index is -0.181. The molecule has 1 N–H and O–H groups in total. The number of nitrogens with zero attached hydrogens (tertiary/aromatic N) is 5. The van der Waals surface area contributed by atoms with Gasteiger partial charge in [-0.3, -0.25) is 0 Å². The number of hydrogen-bond acceptors (Lipinski definition) is 7. The summed E-state index contributed by atoms with van der Waals surface area (Å²) in [6, 6.07) is 6.89. The average molecular weight is 358 g/mol. The molecule has 4 rings (SSSR count). The third-order valence-corrected chi connectivity index (χ3v) is 4.84. The molecule has 2 fully saturated rings. The summed E-state index contributed by atoms with van der Waals surface area (Å²) in [5.41, 5.74) is 0.651. The fraction of sp³-hybridized carbons (Fsp3) is 0.500. The molecule has 7 nitrogen and oxygen atoms in total. The molecule has 0 amide bonds. The van der Waals surface area contributed by atoms with E-state index in [2.05, 4.69) is 30.3 Å². The fourth-order valence-electron chi connectivity index (χ4n) is 3.39. The van der Waals surface area contributed by atoms with Crippen molar-refractivity contribution < 1.29 is 9.13 Å². The lowest BCUT2D eigenvalue weighted by molar-refractivity contribution is 0.120. The van der Waals surface area contributed by atoms with Crippen LogP contribution in [0.15, 0.2) is 30.5 Å². The van der Waals surface area contributed by atoms with Gasteiger partial charge in [0.05, 0.1) is 18.0 Å². The van der Waals surface area contributed by atoms with Crippen LogP contribution in [0.25, 0.3) is 0 Å². The summed E-state index contributed by atoms with van der Waals surface area (Å²) in [6.45, 7) is 4.47. The molecule has 1 atom stereocenters. The van der Waals surface area contributed by atoms with E-state index in [0.717, 1.165) is 52.2 Å². The zero-order valence-corrected chi connectivity index (χ0v) is 14.6. The lowest BCUT2D eigenvalue weighted by Gasteiger charge is -2.36. The monoisotopic (exact) mass is 358 g/mol. The maximum absolute atomic E-state index is 14.0. The maximum Gasteiger partial charge on any atom is 0.247 e. The van der Waals surface area contributed by atoms with Crippen molar-refractivity contribution in [2.24, 2.45) is 0 Å². The number of halogens is 1. The second-order valence-corrected chi connectivity index (χ2v) is 6.58. The lowest BCUT2D eigenvalue weighted by atomic mass is 10.2. The molecule has 2 aliphatic heterocycles. The van der Waals surface area contributed by atoms with Gasteiger partial charge in [-0.1, -0.05) is 12.1 Å². The van der Waals surface area contributed by atoms with E-state index in [1.54, 1.807) is 12.3 Å². The van der Waals surface area contributed by atoms with E-state index in [1.807, 2.05) is 12.1 Å². The molecule has 1 aromatic carbocycles. The molecule has 3 heterocycles. The fourth-order valence-corrected chi connectivity index (χ4v) is 3.39. The Balaban J connectivity index is 1.35. The number of piperazine rings is 1. The molecule has 2 saturated heterocycles. The Kier molecular flexibility index (Phi) is 5.10. The van der Waals surface area contributed by atoms with Crippen molar-refractivity contribution in [1.82, 2.24) is 15.2 Å². The molecule has 138 valence electrons. The molecular weight excluding hydrogens is 335 g/mol. The first-order chi connectivity index (χ1) is 12.8. The van der Waals surface area contributed by atoms with Crippen molar-refractivity contribution in [3.8, 4) is 0 Å². The lowest BCUT2D eigenvalue weighted by Crippen LogP contribution is -2.47. The first-order valence-electron chi connectivity index (χ1n) is 9.09. The first-order valence-corrected chi connectivity index (χ1v) is 9.09. The molecule has 0 radical (unpaired) electrons. The predicted molar refractivity (Wildman–Crippen MR) is 98.1 cm³/mol. The Bertz CT molecular complexity index is 731. The summed E-state index contributed by atoms with van der Waals surface area (Å²) in [5.74, 6) is 1.14. The average Bonchev–Trinajstić information content (AvgIpc) is 3.21. The molecule has 26 heavy (non-hydrogen) atoms. The van der Waals surface area contributed by atoms with Gasteiger partial charge in [-0.25, -0.2) is 4.39 Å². The van der Waals surface area contributed by atoms with Crippen molar-refractivity contribution in [2.45, 2.75) is 18.9 Å². The van der Waals surface area contributed by atoms with Crippen molar-refractivity contribution in [3.63, 3.8) is 0 Å². The van der Waals surface area contributed by atoms with Gasteiger partial charge in [-0.2, -0.15) is 10.1 Å². The van der Waals surface area contributed by atoms with E-state index in [9.17, 15) is 4.39 Å². The minimum Gasteiger partial charge on any atom is -0.376 e. The van der Waals surface area contributed by atoms with Crippen LogP contribution in [0.2, 0.25) is 0 Å². The van der Waals surface area contributed by atoms with Gasteiger partial charge in [0, 0.05) is 39.3 Å². The predicted octanol–water partition coefficient (Wildman–Crippen LogP) is 1.93. The molecule has 0 bridgehead atoms. The topological polar surface area (TPSA) is 66.4 Å². The number of ether oxygens (including phenoxy) is 1. The van der Waals surface area contributed by atoms with Gasteiger partial charge in [0.2, 0.25) is 5.95 Å². The van der Waals surface area contributed by atoms with Crippen molar-refractivity contribution in [3.05, 3.63) is 36.3 Å². The van der Waals surface area contributed by atoms with Crippen molar-refractivity contribution in [2.75, 3.05) is 54.4 Å². The molecule has 0 saturated carbocycles. The summed E-state index contributed by atoms with van der Waals surface area (Å²) in [5, 5.41) is 11.5. The largest absolute Gasteiger partial charge is 0.376 e. The zero-order valence-electron chi connectivity index (χ0n) is 14.6. The second kappa shape index (κ2) is 7.82. The maximum atomic E-state index is 14.0. The highest BCUT2D eigenvalue weighted by Gasteiger charge is 2.22. The van der Waals surface area contributed by atoms with E-state index in [0.29, 0.717) is 17.5 Å². The smallest absolute Gasteiger partial charge is 0.247 e. The first kappa shape index (κ1) is 17.0. The molecule has 8 heteroatoms. The number of benzene rings is 1. The van der Waals surface area contributed by atoms with Crippen LogP contribution in [-0.2, 0) is 4.74 Å². The Morgan fingerprint density at radius 2 is 1.96 bits per heavy atom. The van der Waals surface area contributed by atoms with E-state index in [-0.39, 0.29) is 11.9 Å². The van der Waals surface area contributed by atoms with Crippen LogP contribution < -0.4 is 15.1 Å². The van der Waals surface area contributed by atoms with Gasteiger partial charge in [0.25, 0.3) is 0 Å². The Morgan fingerprint density at radius 3 is 2.73 bits per heavy atom. The van der Waals surface area contributed by atoms with Crippen LogP contribution >= 0.6 is 0 Å². The standard InChI is InChI=1S/C18H23FN6O/c19-15-5-1-2-6-16(15)24-7-9-25(10-8-24)18-22-17(13-21-23-18)20-12-14-4-3-11-26-14/h1-2,5-6,13-14H,3-4,7-12H2,(H,20,22,23). The Morgan fingerprint density at radius 1 is 1.15 bits per heavy atom. The number of rotatable bonds is 5. The van der Waals surface area contributed by atoms with E-state index >= 15 is 0 Å². The number of anilines is 3. The van der Waals surface area contributed by atoms with Gasteiger partial charge in [-0.05, 0) is 25.0 Å². The van der Waals surface area contributed by atoms with E-state index in [4.69, 9.17) is 4.74 Å². The highest BCUT2D eigenvalue weighted by Crippen LogP contribution is 2.21. The van der Waals surface area contributed by atoms with Crippen LogP contribution in [0.4, 0.5) is 21.8 Å². The third-order valence-electron chi connectivity index (χ3n) is 4.84. The van der Waals surface area contributed by atoms with Crippen LogP contribution in [-0.4, -0.2) is 60.6 Å². The zero-order chi connectivity index (χ0) is 17.8. The van der Waals surface area contributed by atoms with Gasteiger partial charge < -0.3 is 19.9 Å². The highest BCUT2D eigenvalue weighted by atomic mass is 19.1. The SMILES string of the molecule is Fc1ccccc1N1CCN(c2nncc(NCC3CCCO3)n2)CC1. The summed E-state index contributed by atoms with van der Waals surface area (Å²) >= 11 is 0. The number of nitrogens with one attached hydrogen (secondary N) is 1. The van der Waals surface area contributed by atoms with Crippen LogP contribution in [0.5, 0.6) is 0 Å². The second-order valence-electron chi connectivity index (χ2n) is 6.58. The van der Waals surface area contributed by atoms with Crippen molar-refractivity contribution in [1.29, 1.82) is 0 Å². The normalized spacial score (nSPS) is 20.4. The minimum absolute atomic E-state index is 0.181. The molecule has 2 aliphatic rings. The molecule has 1 unspecified atom stereocenters. The Hall–Kier alpha value is -2.48. The molecule has 0 spiro atoms. The summed E-state index contributed by atoms with van der Waals surface area (Å²) < 4.78 is 19.6. The van der Waals surface area contributed by atoms with Gasteiger partial charge in [0.15, 0.2) is 5.82 Å². The van der Waals surface area contributed by atoms with Crippen LogP contribution in [0, 0.1) is 5.82 Å². The third kappa shape index (κ3) is 3.85. The highest BCUT2D eigenvalue weighted by molar-refractivity contribution is 5.50. The summed E-state index contributed by atoms with van der Waals surface area (Å²) in [7, 11) is 0. The number of para-hydroxylation sites is 1. The summed E-state index contributed by atoms with van der Waals surface area (Å²) in [4.78, 5) is 8.71. The van der Waals surface area contributed by atoms with Gasteiger partial charge in [0.1, 0.15) is 5.82 Å². The van der Waals surface area contributed by atoms with E-state index in [1.165, 1.54) is 6.07 Å². The van der Waals surface area contributed by atoms with Crippen LogP contribution in [0.3, 0.4) is 0 Å². The summed E-state index contributed by atoms with van der Waals surface area (Å²) in [6.07, 6.45) is 4.08. The van der Waals surface area contributed by atoms with Gasteiger partial charge in [-0.15, -0.1) is 5.10 Å². The quantitative estimate of drug-likeness (QED) is 0.876. The van der Waals surface area contributed by atoms with Crippen LogP contribution in [0.1, 0.15) is 12.8 Å².